The maximum absolute atomic E-state index is 12.3. The molecule has 3 atom stereocenters. The molecule has 0 aliphatic heterocycles. The summed E-state index contributed by atoms with van der Waals surface area (Å²) < 4.78 is 0. The lowest BCUT2D eigenvalue weighted by molar-refractivity contribution is -0.124. The molecule has 1 aromatic rings. The average Bonchev–Trinajstić information content (AvgIpc) is 2.55. The Bertz CT molecular complexity index is 565. The lowest BCUT2D eigenvalue weighted by Gasteiger charge is -2.31. The van der Waals surface area contributed by atoms with Crippen LogP contribution in [0.25, 0.3) is 0 Å². The monoisotopic (exact) mass is 338 g/mol. The molecule has 23 heavy (non-hydrogen) atoms. The second kappa shape index (κ2) is 8.31. The van der Waals surface area contributed by atoms with E-state index in [2.05, 4.69) is 10.6 Å². The van der Waals surface area contributed by atoms with Crippen LogP contribution in [-0.2, 0) is 4.79 Å². The van der Waals surface area contributed by atoms with Crippen LogP contribution in [0.15, 0.2) is 24.3 Å². The SMILES string of the molecule is CC(NC(=O)c1ccccc1Cl)C(=O)NC1CCCCC1CO. The fourth-order valence-electron chi connectivity index (χ4n) is 2.91. The molecule has 1 aliphatic carbocycles. The smallest absolute Gasteiger partial charge is 0.253 e. The summed E-state index contributed by atoms with van der Waals surface area (Å²) in [6, 6.07) is 6.02. The van der Waals surface area contributed by atoms with Crippen molar-refractivity contribution in [3.8, 4) is 0 Å². The molecular formula is C17H23ClN2O3. The zero-order valence-electron chi connectivity index (χ0n) is 13.2. The van der Waals surface area contributed by atoms with Gasteiger partial charge in [0.25, 0.3) is 5.91 Å². The topological polar surface area (TPSA) is 78.4 Å². The van der Waals surface area contributed by atoms with E-state index in [9.17, 15) is 14.7 Å². The third-order valence-electron chi connectivity index (χ3n) is 4.33. The molecular weight excluding hydrogens is 316 g/mol. The van der Waals surface area contributed by atoms with E-state index in [4.69, 9.17) is 11.6 Å². The van der Waals surface area contributed by atoms with Crippen LogP contribution >= 0.6 is 11.6 Å². The molecule has 1 aromatic carbocycles. The Hall–Kier alpha value is -1.59. The largest absolute Gasteiger partial charge is 0.396 e. The van der Waals surface area contributed by atoms with E-state index in [1.54, 1.807) is 31.2 Å². The highest BCUT2D eigenvalue weighted by atomic mass is 35.5. The molecule has 1 saturated carbocycles. The van der Waals surface area contributed by atoms with Crippen molar-refractivity contribution in [1.82, 2.24) is 10.6 Å². The summed E-state index contributed by atoms with van der Waals surface area (Å²) in [7, 11) is 0. The van der Waals surface area contributed by atoms with Crippen molar-refractivity contribution in [3.05, 3.63) is 34.9 Å². The number of aliphatic hydroxyl groups excluding tert-OH is 1. The Labute approximate surface area is 141 Å². The van der Waals surface area contributed by atoms with Crippen molar-refractivity contribution in [1.29, 1.82) is 0 Å². The first-order chi connectivity index (χ1) is 11.0. The fourth-order valence-corrected chi connectivity index (χ4v) is 3.13. The number of rotatable bonds is 5. The summed E-state index contributed by atoms with van der Waals surface area (Å²) in [4.78, 5) is 24.5. The molecule has 0 spiro atoms. The number of aliphatic hydroxyl groups is 1. The van der Waals surface area contributed by atoms with Crippen LogP contribution in [0.2, 0.25) is 5.02 Å². The molecule has 0 saturated heterocycles. The van der Waals surface area contributed by atoms with E-state index in [0.29, 0.717) is 10.6 Å². The maximum Gasteiger partial charge on any atom is 0.253 e. The molecule has 3 unspecified atom stereocenters. The first-order valence-electron chi connectivity index (χ1n) is 7.99. The number of hydrogen-bond donors (Lipinski definition) is 3. The van der Waals surface area contributed by atoms with Crippen LogP contribution in [0, 0.1) is 5.92 Å². The number of benzene rings is 1. The van der Waals surface area contributed by atoms with Crippen molar-refractivity contribution in [2.75, 3.05) is 6.61 Å². The van der Waals surface area contributed by atoms with Crippen molar-refractivity contribution in [2.24, 2.45) is 5.92 Å². The van der Waals surface area contributed by atoms with Crippen molar-refractivity contribution < 1.29 is 14.7 Å². The predicted molar refractivity (Wildman–Crippen MR) is 89.4 cm³/mol. The zero-order valence-corrected chi connectivity index (χ0v) is 14.0. The number of hydrogen-bond acceptors (Lipinski definition) is 3. The normalized spacial score (nSPS) is 22.2. The molecule has 5 nitrogen and oxygen atoms in total. The van der Waals surface area contributed by atoms with Gasteiger partial charge in [0.1, 0.15) is 6.04 Å². The fraction of sp³-hybridized carbons (Fsp3) is 0.529. The van der Waals surface area contributed by atoms with Crippen LogP contribution in [0.1, 0.15) is 43.0 Å². The van der Waals surface area contributed by atoms with Crippen LogP contribution in [0.3, 0.4) is 0 Å². The van der Waals surface area contributed by atoms with Gasteiger partial charge in [-0.1, -0.05) is 36.6 Å². The quantitative estimate of drug-likeness (QED) is 0.769. The van der Waals surface area contributed by atoms with E-state index in [-0.39, 0.29) is 30.4 Å². The van der Waals surface area contributed by atoms with Gasteiger partial charge in [0, 0.05) is 18.6 Å². The second-order valence-corrected chi connectivity index (χ2v) is 6.42. The lowest BCUT2D eigenvalue weighted by atomic mass is 9.85. The van der Waals surface area contributed by atoms with Gasteiger partial charge in [-0.15, -0.1) is 0 Å². The maximum atomic E-state index is 12.3. The molecule has 1 fully saturated rings. The minimum Gasteiger partial charge on any atom is -0.396 e. The van der Waals surface area contributed by atoms with E-state index in [1.807, 2.05) is 0 Å². The number of halogens is 1. The van der Waals surface area contributed by atoms with Crippen molar-refractivity contribution >= 4 is 23.4 Å². The predicted octanol–water partition coefficient (Wildman–Crippen LogP) is 2.13. The molecule has 0 bridgehead atoms. The van der Waals surface area contributed by atoms with Gasteiger partial charge in [-0.2, -0.15) is 0 Å². The van der Waals surface area contributed by atoms with Gasteiger partial charge in [0.2, 0.25) is 5.91 Å². The summed E-state index contributed by atoms with van der Waals surface area (Å²) in [6.07, 6.45) is 3.90. The molecule has 0 aromatic heterocycles. The summed E-state index contributed by atoms with van der Waals surface area (Å²) in [5.74, 6) is -0.518. The third kappa shape index (κ3) is 4.69. The van der Waals surface area contributed by atoms with Gasteiger partial charge in [-0.25, -0.2) is 0 Å². The number of carbonyl (C=O) groups excluding carboxylic acids is 2. The second-order valence-electron chi connectivity index (χ2n) is 6.02. The van der Waals surface area contributed by atoms with Crippen LogP contribution < -0.4 is 10.6 Å². The third-order valence-corrected chi connectivity index (χ3v) is 4.66. The Morgan fingerprint density at radius 2 is 2.00 bits per heavy atom. The van der Waals surface area contributed by atoms with Crippen molar-refractivity contribution in [3.63, 3.8) is 0 Å². The highest BCUT2D eigenvalue weighted by molar-refractivity contribution is 6.33. The summed E-state index contributed by atoms with van der Waals surface area (Å²) in [5, 5.41) is 15.4. The van der Waals surface area contributed by atoms with Crippen molar-refractivity contribution in [2.45, 2.75) is 44.7 Å². The molecule has 126 valence electrons. The molecule has 0 radical (unpaired) electrons. The molecule has 6 heteroatoms. The van der Waals surface area contributed by atoms with E-state index < -0.39 is 6.04 Å². The van der Waals surface area contributed by atoms with E-state index in [1.165, 1.54) is 0 Å². The lowest BCUT2D eigenvalue weighted by Crippen LogP contribution is -2.51. The number of amides is 2. The van der Waals surface area contributed by atoms with Gasteiger partial charge in [0.15, 0.2) is 0 Å². The van der Waals surface area contributed by atoms with Gasteiger partial charge in [-0.3, -0.25) is 9.59 Å². The minimum absolute atomic E-state index is 0.0269. The van der Waals surface area contributed by atoms with Crippen LogP contribution in [-0.4, -0.2) is 35.6 Å². The Morgan fingerprint density at radius 3 is 2.70 bits per heavy atom. The highest BCUT2D eigenvalue weighted by Crippen LogP contribution is 2.24. The highest BCUT2D eigenvalue weighted by Gasteiger charge is 2.28. The standard InChI is InChI=1S/C17H23ClN2O3/c1-11(19-17(23)13-7-3-4-8-14(13)18)16(22)20-15-9-5-2-6-12(15)10-21/h3-4,7-8,11-12,15,21H,2,5-6,9-10H2,1H3,(H,19,23)(H,20,22). The zero-order chi connectivity index (χ0) is 16.8. The molecule has 2 amide bonds. The molecule has 1 aliphatic rings. The molecule has 2 rings (SSSR count). The summed E-state index contributed by atoms with van der Waals surface area (Å²) in [5.41, 5.74) is 0.347. The van der Waals surface area contributed by atoms with Gasteiger partial charge >= 0.3 is 0 Å². The minimum atomic E-state index is -0.667. The Balaban J connectivity index is 1.92. The number of nitrogens with one attached hydrogen (secondary N) is 2. The molecule has 3 N–H and O–H groups in total. The molecule has 0 heterocycles. The Kier molecular flexibility index (Phi) is 6.42. The van der Waals surface area contributed by atoms with Gasteiger partial charge in [-0.05, 0) is 31.9 Å². The number of carbonyl (C=O) groups is 2. The Morgan fingerprint density at radius 1 is 1.30 bits per heavy atom. The average molecular weight is 339 g/mol. The van der Waals surface area contributed by atoms with Gasteiger partial charge in [0.05, 0.1) is 10.6 Å². The van der Waals surface area contributed by atoms with E-state index >= 15 is 0 Å². The van der Waals surface area contributed by atoms with Gasteiger partial charge < -0.3 is 15.7 Å². The van der Waals surface area contributed by atoms with E-state index in [0.717, 1.165) is 25.7 Å². The summed E-state index contributed by atoms with van der Waals surface area (Å²) >= 11 is 5.99. The van der Waals surface area contributed by atoms with Crippen LogP contribution in [0.5, 0.6) is 0 Å². The van der Waals surface area contributed by atoms with Crippen LogP contribution in [0.4, 0.5) is 0 Å². The first-order valence-corrected chi connectivity index (χ1v) is 8.37. The first kappa shape index (κ1) is 17.8. The summed E-state index contributed by atoms with van der Waals surface area (Å²) in [6.45, 7) is 1.71.